The Morgan fingerprint density at radius 3 is 2.66 bits per heavy atom. The monoisotopic (exact) mass is 394 g/mol. The van der Waals surface area contributed by atoms with Gasteiger partial charge in [0.1, 0.15) is 11.9 Å². The van der Waals surface area contributed by atoms with Crippen LogP contribution in [0.1, 0.15) is 24.4 Å². The third-order valence-corrected chi connectivity index (χ3v) is 5.22. The van der Waals surface area contributed by atoms with E-state index < -0.39 is 18.0 Å². The first-order valence-corrected chi connectivity index (χ1v) is 9.63. The summed E-state index contributed by atoms with van der Waals surface area (Å²) < 4.78 is 4.80. The van der Waals surface area contributed by atoms with Gasteiger partial charge < -0.3 is 15.0 Å². The van der Waals surface area contributed by atoms with E-state index in [9.17, 15) is 14.4 Å². The third kappa shape index (κ3) is 4.06. The molecular formula is C21H22N4O4. The van der Waals surface area contributed by atoms with Crippen molar-refractivity contribution in [2.75, 3.05) is 24.6 Å². The van der Waals surface area contributed by atoms with Gasteiger partial charge in [-0.1, -0.05) is 36.4 Å². The number of ether oxygens (including phenoxy) is 1. The number of anilines is 1. The van der Waals surface area contributed by atoms with Crippen LogP contribution in [-0.2, 0) is 14.3 Å². The lowest BCUT2D eigenvalue weighted by Gasteiger charge is -2.28. The summed E-state index contributed by atoms with van der Waals surface area (Å²) in [7, 11) is 0. The van der Waals surface area contributed by atoms with E-state index in [1.807, 2.05) is 53.4 Å². The first kappa shape index (κ1) is 18.9. The van der Waals surface area contributed by atoms with Gasteiger partial charge in [0, 0.05) is 12.7 Å². The Hall–Kier alpha value is -3.42. The van der Waals surface area contributed by atoms with Crippen LogP contribution in [-0.4, -0.2) is 53.5 Å². The molecule has 2 atom stereocenters. The van der Waals surface area contributed by atoms with Gasteiger partial charge in [0.2, 0.25) is 5.91 Å². The molecular weight excluding hydrogens is 372 g/mol. The number of rotatable bonds is 6. The predicted octanol–water partition coefficient (Wildman–Crippen LogP) is 1.89. The molecule has 0 aliphatic carbocycles. The molecule has 0 spiro atoms. The van der Waals surface area contributed by atoms with E-state index in [0.29, 0.717) is 6.42 Å². The second-order valence-corrected chi connectivity index (χ2v) is 7.07. The number of nitrogens with one attached hydrogen (secondary N) is 1. The average Bonchev–Trinajstić information content (AvgIpc) is 3.37. The molecule has 0 radical (unpaired) electrons. The molecule has 3 amide bonds. The molecule has 3 heterocycles. The normalized spacial score (nSPS) is 19.9. The predicted molar refractivity (Wildman–Crippen MR) is 105 cm³/mol. The summed E-state index contributed by atoms with van der Waals surface area (Å²) in [5, 5.41) is 3.03. The highest BCUT2D eigenvalue weighted by molar-refractivity contribution is 5.98. The second kappa shape index (κ2) is 8.30. The number of aromatic nitrogens is 1. The first-order valence-electron chi connectivity index (χ1n) is 9.63. The summed E-state index contributed by atoms with van der Waals surface area (Å²) in [4.78, 5) is 44.4. The average molecular weight is 394 g/mol. The summed E-state index contributed by atoms with van der Waals surface area (Å²) >= 11 is 0. The number of hydrogen-bond acceptors (Lipinski definition) is 6. The lowest BCUT2D eigenvalue weighted by molar-refractivity contribution is -0.127. The molecule has 2 unspecified atom stereocenters. The number of benzene rings is 1. The molecule has 1 aromatic heterocycles. The Morgan fingerprint density at radius 2 is 1.97 bits per heavy atom. The number of carbonyl (C=O) groups is 3. The fourth-order valence-corrected chi connectivity index (χ4v) is 3.76. The van der Waals surface area contributed by atoms with Crippen molar-refractivity contribution < 1.29 is 19.1 Å². The van der Waals surface area contributed by atoms with Gasteiger partial charge in [-0.2, -0.15) is 0 Å². The van der Waals surface area contributed by atoms with Crippen LogP contribution in [0.3, 0.4) is 0 Å². The minimum absolute atomic E-state index is 0.0315. The van der Waals surface area contributed by atoms with Crippen molar-refractivity contribution in [1.29, 1.82) is 0 Å². The van der Waals surface area contributed by atoms with E-state index in [1.54, 1.807) is 6.20 Å². The van der Waals surface area contributed by atoms with E-state index in [-0.39, 0.29) is 25.1 Å². The molecule has 29 heavy (non-hydrogen) atoms. The Morgan fingerprint density at radius 1 is 1.17 bits per heavy atom. The van der Waals surface area contributed by atoms with E-state index in [0.717, 1.165) is 29.2 Å². The van der Waals surface area contributed by atoms with Crippen molar-refractivity contribution in [2.45, 2.75) is 24.9 Å². The lowest BCUT2D eigenvalue weighted by Crippen LogP contribution is -2.47. The van der Waals surface area contributed by atoms with Gasteiger partial charge in [-0.15, -0.1) is 0 Å². The van der Waals surface area contributed by atoms with Crippen molar-refractivity contribution in [3.8, 4) is 0 Å². The van der Waals surface area contributed by atoms with Gasteiger partial charge in [0.15, 0.2) is 6.61 Å². The van der Waals surface area contributed by atoms with Crippen LogP contribution in [0.2, 0.25) is 0 Å². The maximum absolute atomic E-state index is 13.1. The number of carbonyl (C=O) groups excluding carboxylic acids is 3. The van der Waals surface area contributed by atoms with Crippen molar-refractivity contribution >= 4 is 23.7 Å². The number of imide groups is 1. The Labute approximate surface area is 168 Å². The Kier molecular flexibility index (Phi) is 5.41. The fraction of sp³-hybridized carbons (Fsp3) is 0.333. The molecule has 4 rings (SSSR count). The van der Waals surface area contributed by atoms with Crippen LogP contribution in [0.15, 0.2) is 54.7 Å². The molecule has 2 aromatic rings. The lowest BCUT2D eigenvalue weighted by atomic mass is 10.1. The first-order chi connectivity index (χ1) is 14.1. The van der Waals surface area contributed by atoms with E-state index in [4.69, 9.17) is 4.74 Å². The smallest absolute Gasteiger partial charge is 0.417 e. The molecule has 0 saturated carbocycles. The molecule has 1 aromatic carbocycles. The van der Waals surface area contributed by atoms with Crippen LogP contribution in [0.25, 0.3) is 0 Å². The molecule has 0 bridgehead atoms. The summed E-state index contributed by atoms with van der Waals surface area (Å²) in [5.74, 6) is 0.211. The zero-order valence-electron chi connectivity index (χ0n) is 15.9. The van der Waals surface area contributed by atoms with Gasteiger partial charge in [0.05, 0.1) is 12.6 Å². The van der Waals surface area contributed by atoms with Gasteiger partial charge in [-0.25, -0.2) is 14.7 Å². The Bertz CT molecular complexity index is 874. The number of cyclic esters (lactones) is 1. The summed E-state index contributed by atoms with van der Waals surface area (Å²) in [6.07, 6.45) is 2.64. The highest BCUT2D eigenvalue weighted by Gasteiger charge is 2.36. The topological polar surface area (TPSA) is 91.8 Å². The Balaban J connectivity index is 1.53. The summed E-state index contributed by atoms with van der Waals surface area (Å²) in [6.45, 7) is 0.524. The molecule has 2 aliphatic heterocycles. The maximum atomic E-state index is 13.1. The minimum atomic E-state index is -0.679. The van der Waals surface area contributed by atoms with Crippen LogP contribution >= 0.6 is 0 Å². The van der Waals surface area contributed by atoms with Crippen LogP contribution in [0, 0.1) is 0 Å². The highest BCUT2D eigenvalue weighted by atomic mass is 16.6. The SMILES string of the molecule is O=C(NC(CN1C(=O)COC1=O)c1ccccc1)C1CCCN1c1ccccn1. The fourth-order valence-electron chi connectivity index (χ4n) is 3.76. The van der Waals surface area contributed by atoms with E-state index >= 15 is 0 Å². The number of nitrogens with zero attached hydrogens (tertiary/aromatic N) is 3. The second-order valence-electron chi connectivity index (χ2n) is 7.07. The molecule has 2 saturated heterocycles. The summed E-state index contributed by atoms with van der Waals surface area (Å²) in [5.41, 5.74) is 0.815. The number of amides is 3. The maximum Gasteiger partial charge on any atom is 0.417 e. The van der Waals surface area contributed by atoms with Gasteiger partial charge in [0.25, 0.3) is 5.91 Å². The van der Waals surface area contributed by atoms with Crippen LogP contribution in [0.5, 0.6) is 0 Å². The van der Waals surface area contributed by atoms with Crippen molar-refractivity contribution in [1.82, 2.24) is 15.2 Å². The molecule has 150 valence electrons. The van der Waals surface area contributed by atoms with Crippen molar-refractivity contribution in [3.05, 3.63) is 60.3 Å². The highest BCUT2D eigenvalue weighted by Crippen LogP contribution is 2.25. The van der Waals surface area contributed by atoms with Crippen LogP contribution < -0.4 is 10.2 Å². The van der Waals surface area contributed by atoms with Crippen molar-refractivity contribution in [2.24, 2.45) is 0 Å². The third-order valence-electron chi connectivity index (χ3n) is 5.22. The van der Waals surface area contributed by atoms with Crippen molar-refractivity contribution in [3.63, 3.8) is 0 Å². The quantitative estimate of drug-likeness (QED) is 0.804. The molecule has 2 fully saturated rings. The van der Waals surface area contributed by atoms with Crippen LogP contribution in [0.4, 0.5) is 10.6 Å². The molecule has 2 aliphatic rings. The van der Waals surface area contributed by atoms with Gasteiger partial charge in [-0.3, -0.25) is 9.59 Å². The van der Waals surface area contributed by atoms with Gasteiger partial charge in [-0.05, 0) is 30.5 Å². The minimum Gasteiger partial charge on any atom is -0.439 e. The molecule has 8 heteroatoms. The largest absolute Gasteiger partial charge is 0.439 e. The van der Waals surface area contributed by atoms with Gasteiger partial charge >= 0.3 is 6.09 Å². The zero-order chi connectivity index (χ0) is 20.2. The summed E-state index contributed by atoms with van der Waals surface area (Å²) in [6, 6.07) is 14.1. The van der Waals surface area contributed by atoms with E-state index in [2.05, 4.69) is 10.3 Å². The standard InChI is InChI=1S/C21H22N4O4/c26-19-14-29-21(28)25(19)13-16(15-7-2-1-3-8-15)23-20(27)17-9-6-12-24(17)18-10-4-5-11-22-18/h1-5,7-8,10-11,16-17H,6,9,12-14H2,(H,23,27). The molecule has 1 N–H and O–H groups in total. The molecule has 8 nitrogen and oxygen atoms in total. The number of pyridine rings is 1. The van der Waals surface area contributed by atoms with E-state index in [1.165, 1.54) is 0 Å². The number of hydrogen-bond donors (Lipinski definition) is 1. The zero-order valence-corrected chi connectivity index (χ0v) is 15.9.